The number of hydrogen-bond donors (Lipinski definition) is 3. The average Bonchev–Trinajstić information content (AvgIpc) is 3.44. The summed E-state index contributed by atoms with van der Waals surface area (Å²) in [6.45, 7) is 4.91. The van der Waals surface area contributed by atoms with Crippen LogP contribution in [0.25, 0.3) is 0 Å². The minimum absolute atomic E-state index is 0.00350. The van der Waals surface area contributed by atoms with Crippen molar-refractivity contribution < 1.29 is 24.5 Å². The van der Waals surface area contributed by atoms with Gasteiger partial charge >= 0.3 is 5.97 Å². The summed E-state index contributed by atoms with van der Waals surface area (Å²) in [7, 11) is 0. The molecule has 78 heavy (non-hydrogen) atoms. The third-order valence-corrected chi connectivity index (χ3v) is 16.4. The van der Waals surface area contributed by atoms with Gasteiger partial charge in [-0.3, -0.25) is 9.59 Å². The Kier molecular flexibility index (Phi) is 65.9. The van der Waals surface area contributed by atoms with Crippen LogP contribution in [0.4, 0.5) is 0 Å². The number of nitrogens with one attached hydrogen (secondary N) is 1. The van der Waals surface area contributed by atoms with E-state index in [0.29, 0.717) is 25.9 Å². The van der Waals surface area contributed by atoms with Crippen molar-refractivity contribution >= 4 is 11.9 Å². The van der Waals surface area contributed by atoms with Crippen LogP contribution < -0.4 is 5.32 Å². The van der Waals surface area contributed by atoms with E-state index in [0.717, 1.165) is 51.4 Å². The molecular weight excluding hydrogens is 959 g/mol. The summed E-state index contributed by atoms with van der Waals surface area (Å²) in [5.41, 5.74) is 0. The van der Waals surface area contributed by atoms with Gasteiger partial charge in [-0.1, -0.05) is 333 Å². The molecule has 0 aliphatic rings. The summed E-state index contributed by atoms with van der Waals surface area (Å²) in [6, 6.07) is -0.539. The zero-order valence-corrected chi connectivity index (χ0v) is 52.7. The van der Waals surface area contributed by atoms with Crippen LogP contribution in [0, 0.1) is 0 Å². The van der Waals surface area contributed by atoms with E-state index in [9.17, 15) is 19.8 Å². The molecule has 1 amide bonds. The molecule has 3 N–H and O–H groups in total. The van der Waals surface area contributed by atoms with Gasteiger partial charge in [-0.2, -0.15) is 0 Å². The maximum atomic E-state index is 12.5. The quantitative estimate of drug-likeness (QED) is 0.0320. The van der Waals surface area contributed by atoms with Gasteiger partial charge in [-0.15, -0.1) is 0 Å². The van der Waals surface area contributed by atoms with Crippen molar-refractivity contribution in [2.75, 3.05) is 13.2 Å². The summed E-state index contributed by atoms with van der Waals surface area (Å²) in [5, 5.41) is 23.3. The van der Waals surface area contributed by atoms with Gasteiger partial charge in [0.2, 0.25) is 5.91 Å². The highest BCUT2D eigenvalue weighted by Gasteiger charge is 2.20. The Balaban J connectivity index is 3.35. The van der Waals surface area contributed by atoms with E-state index in [2.05, 4.69) is 55.6 Å². The Morgan fingerprint density at radius 1 is 0.359 bits per heavy atom. The summed E-state index contributed by atoms with van der Waals surface area (Å²) in [5.74, 6) is -0.0258. The molecule has 2 atom stereocenters. The van der Waals surface area contributed by atoms with Crippen LogP contribution in [0.3, 0.4) is 0 Å². The molecule has 460 valence electrons. The summed E-state index contributed by atoms with van der Waals surface area (Å²) in [4.78, 5) is 24.5. The van der Waals surface area contributed by atoms with Crippen LogP contribution in [-0.2, 0) is 14.3 Å². The number of hydrogen-bond acceptors (Lipinski definition) is 5. The van der Waals surface area contributed by atoms with Gasteiger partial charge in [0.15, 0.2) is 0 Å². The van der Waals surface area contributed by atoms with Gasteiger partial charge < -0.3 is 20.3 Å². The highest BCUT2D eigenvalue weighted by molar-refractivity contribution is 5.76. The fraction of sp³-hybridized carbons (Fsp3) is 0.889. The van der Waals surface area contributed by atoms with Crippen LogP contribution >= 0.6 is 0 Å². The van der Waals surface area contributed by atoms with Crippen LogP contribution in [0.1, 0.15) is 386 Å². The maximum Gasteiger partial charge on any atom is 0.305 e. The van der Waals surface area contributed by atoms with E-state index in [1.165, 1.54) is 302 Å². The molecule has 0 aromatic rings. The Labute approximate surface area is 487 Å². The van der Waals surface area contributed by atoms with E-state index in [-0.39, 0.29) is 18.5 Å². The van der Waals surface area contributed by atoms with Gasteiger partial charge in [-0.25, -0.2) is 0 Å². The number of carbonyl (C=O) groups is 2. The zero-order chi connectivity index (χ0) is 56.4. The molecule has 6 heteroatoms. The first kappa shape index (κ1) is 76.1. The summed E-state index contributed by atoms with van der Waals surface area (Å²) < 4.78 is 5.48. The fourth-order valence-corrected chi connectivity index (χ4v) is 11.0. The van der Waals surface area contributed by atoms with Crippen LogP contribution in [0.2, 0.25) is 0 Å². The van der Waals surface area contributed by atoms with Crippen LogP contribution in [0.5, 0.6) is 0 Å². The van der Waals surface area contributed by atoms with E-state index in [1.54, 1.807) is 0 Å². The van der Waals surface area contributed by atoms with E-state index in [4.69, 9.17) is 4.74 Å². The van der Waals surface area contributed by atoms with Gasteiger partial charge in [0, 0.05) is 12.8 Å². The van der Waals surface area contributed by atoms with Crippen molar-refractivity contribution in [3.05, 3.63) is 36.5 Å². The number of carbonyl (C=O) groups excluding carboxylic acids is 2. The van der Waals surface area contributed by atoms with Crippen molar-refractivity contribution in [2.45, 2.75) is 398 Å². The van der Waals surface area contributed by atoms with Crippen LogP contribution in [-0.4, -0.2) is 47.4 Å². The molecule has 0 saturated carbocycles. The lowest BCUT2D eigenvalue weighted by molar-refractivity contribution is -0.143. The molecule has 0 heterocycles. The fourth-order valence-electron chi connectivity index (χ4n) is 11.0. The number of ether oxygens (including phenoxy) is 1. The summed E-state index contributed by atoms with van der Waals surface area (Å²) in [6.07, 6.45) is 86.3. The Morgan fingerprint density at radius 2 is 0.667 bits per heavy atom. The molecule has 0 aromatic heterocycles. The SMILES string of the molecule is CCC/C=C\C/C=C\CCCCCCCC(=O)OCCCCCCCCCCCCCC/C=C\CCCCCCCCCCCCCCCCCCCC(=O)NC(CO)C(O)CCCCCCCCCCCCCCCCC. The van der Waals surface area contributed by atoms with Crippen molar-refractivity contribution in [1.29, 1.82) is 0 Å². The smallest absolute Gasteiger partial charge is 0.305 e. The number of amides is 1. The molecule has 0 radical (unpaired) electrons. The normalized spacial score (nSPS) is 12.7. The highest BCUT2D eigenvalue weighted by Crippen LogP contribution is 2.19. The molecule has 0 fully saturated rings. The van der Waals surface area contributed by atoms with Crippen molar-refractivity contribution in [2.24, 2.45) is 0 Å². The van der Waals surface area contributed by atoms with Gasteiger partial charge in [0.1, 0.15) is 0 Å². The van der Waals surface area contributed by atoms with E-state index < -0.39 is 12.1 Å². The first-order valence-corrected chi connectivity index (χ1v) is 35.2. The molecule has 0 aliphatic carbocycles. The third kappa shape index (κ3) is 63.3. The number of aliphatic hydroxyl groups is 2. The second-order valence-electron chi connectivity index (χ2n) is 24.2. The standard InChI is InChI=1S/C72H137NO5/c1-3-5-7-9-11-13-15-17-37-41-44-48-52-56-60-64-70(75)69(68-74)73-71(76)65-61-57-53-49-45-42-38-35-33-31-29-27-25-23-21-19-18-20-22-24-26-28-30-32-34-36-39-43-47-51-55-59-63-67-78-72(77)66-62-58-54-50-46-40-16-14-12-10-8-6-4-2/h8,10,14,16,22,24,69-70,74-75H,3-7,9,11-13,15,17-21,23,25-68H2,1-2H3,(H,73,76)/b10-8-,16-14-,24-22-. The van der Waals surface area contributed by atoms with Gasteiger partial charge in [0.05, 0.1) is 25.4 Å². The maximum absolute atomic E-state index is 12.5. The highest BCUT2D eigenvalue weighted by atomic mass is 16.5. The minimum Gasteiger partial charge on any atom is -0.466 e. The molecule has 0 rings (SSSR count). The lowest BCUT2D eigenvalue weighted by Gasteiger charge is -2.22. The number of esters is 1. The van der Waals surface area contributed by atoms with Crippen LogP contribution in [0.15, 0.2) is 36.5 Å². The number of aliphatic hydroxyl groups excluding tert-OH is 2. The second kappa shape index (κ2) is 67.6. The predicted molar refractivity (Wildman–Crippen MR) is 343 cm³/mol. The molecular formula is C72H137NO5. The van der Waals surface area contributed by atoms with E-state index >= 15 is 0 Å². The zero-order valence-electron chi connectivity index (χ0n) is 52.7. The molecule has 0 aromatic carbocycles. The first-order valence-electron chi connectivity index (χ1n) is 35.2. The first-order chi connectivity index (χ1) is 38.5. The van der Waals surface area contributed by atoms with E-state index in [1.807, 2.05) is 0 Å². The molecule has 0 saturated heterocycles. The topological polar surface area (TPSA) is 95.9 Å². The minimum atomic E-state index is -0.662. The monoisotopic (exact) mass is 1100 g/mol. The average molecular weight is 1100 g/mol. The Hall–Kier alpha value is -1.92. The Bertz CT molecular complexity index is 1260. The molecule has 0 bridgehead atoms. The largest absolute Gasteiger partial charge is 0.466 e. The van der Waals surface area contributed by atoms with Gasteiger partial charge in [-0.05, 0) is 77.0 Å². The molecule has 2 unspecified atom stereocenters. The van der Waals surface area contributed by atoms with Crippen molar-refractivity contribution in [1.82, 2.24) is 5.32 Å². The molecule has 0 spiro atoms. The second-order valence-corrected chi connectivity index (χ2v) is 24.2. The van der Waals surface area contributed by atoms with Crippen molar-refractivity contribution in [3.63, 3.8) is 0 Å². The predicted octanol–water partition coefficient (Wildman–Crippen LogP) is 22.7. The number of unbranched alkanes of at least 4 members (excludes halogenated alkanes) is 49. The lowest BCUT2D eigenvalue weighted by Crippen LogP contribution is -2.45. The van der Waals surface area contributed by atoms with Crippen molar-refractivity contribution in [3.8, 4) is 0 Å². The van der Waals surface area contributed by atoms with Gasteiger partial charge in [0.25, 0.3) is 0 Å². The number of allylic oxidation sites excluding steroid dienone is 6. The Morgan fingerprint density at radius 3 is 1.04 bits per heavy atom. The lowest BCUT2D eigenvalue weighted by atomic mass is 10.0. The summed E-state index contributed by atoms with van der Waals surface area (Å²) >= 11 is 0. The number of rotatable bonds is 66. The third-order valence-electron chi connectivity index (χ3n) is 16.4. The molecule has 6 nitrogen and oxygen atoms in total. The molecule has 0 aliphatic heterocycles.